The minimum absolute atomic E-state index is 0.0398. The average Bonchev–Trinajstić information content (AvgIpc) is 3.40. The molecule has 6 atom stereocenters. The van der Waals surface area contributed by atoms with Crippen LogP contribution in [0.25, 0.3) is 0 Å². The maximum atomic E-state index is 12.1. The predicted octanol–water partition coefficient (Wildman–Crippen LogP) is 2.08. The Morgan fingerprint density at radius 1 is 1.14 bits per heavy atom. The van der Waals surface area contributed by atoms with Crippen LogP contribution in [0.4, 0.5) is 11.5 Å². The first-order valence-electron chi connectivity index (χ1n) is 11.8. The van der Waals surface area contributed by atoms with Crippen LogP contribution in [0.3, 0.4) is 0 Å². The largest absolute Gasteiger partial charge is 0.490 e. The quantitative estimate of drug-likeness (QED) is 0.0520. The van der Waals surface area contributed by atoms with Crippen LogP contribution in [0.5, 0.6) is 0 Å². The number of phosphoric ester groups is 1. The maximum absolute atomic E-state index is 12.1. The van der Waals surface area contributed by atoms with Crippen molar-refractivity contribution < 1.29 is 65.9 Å². The SMILES string of the molecule is NC1=NC(Cl)c2c(COCc3ccccc3[N+](=O)[O-])cn([C@H]3C[C@@H](O)[C@@H](COP(=O)(O)OP(=O)(O)OP(=O)(O)O)O3)c2N1. The molecule has 0 spiro atoms. The summed E-state index contributed by atoms with van der Waals surface area (Å²) in [5.41, 5.74) is 6.02. The van der Waals surface area contributed by atoms with Crippen LogP contribution in [0.2, 0.25) is 0 Å². The monoisotopic (exact) mass is 691 g/mol. The molecule has 1 aromatic carbocycles. The normalized spacial score (nSPS) is 24.8. The predicted molar refractivity (Wildman–Crippen MR) is 144 cm³/mol. The van der Waals surface area contributed by atoms with Gasteiger partial charge in [0.2, 0.25) is 0 Å². The number of halogens is 1. The number of ether oxygens (including phenoxy) is 2. The second-order valence-electron chi connectivity index (χ2n) is 9.00. The highest BCUT2D eigenvalue weighted by molar-refractivity contribution is 7.66. The molecular formula is C19H25ClN5O15P3. The van der Waals surface area contributed by atoms with Crippen molar-refractivity contribution in [3.8, 4) is 0 Å². The van der Waals surface area contributed by atoms with Crippen LogP contribution in [-0.2, 0) is 49.5 Å². The summed E-state index contributed by atoms with van der Waals surface area (Å²) in [5.74, 6) is 0.282. The van der Waals surface area contributed by atoms with Gasteiger partial charge in [0.15, 0.2) is 11.5 Å². The minimum atomic E-state index is -5.73. The number of aliphatic hydroxyl groups excluding tert-OH is 1. The van der Waals surface area contributed by atoms with E-state index in [2.05, 4.69) is 23.5 Å². The standard InChI is InChI=1S/C19H25ClN5O15P3/c20-17-16-11(8-36-7-10-3-1-2-4-12(10)25(27)28)6-24(18(16)23-19(21)22-17)15-5-13(26)14(38-15)9-37-42(32,33)40-43(34,35)39-41(29,30)31/h1-4,6,13-15,17,26H,5,7-9H2,(H,32,33)(H,34,35)(H3,21,22,23)(H2,29,30,31)/t13-,14-,15-,17?/m1/s1. The van der Waals surface area contributed by atoms with Gasteiger partial charge < -0.3 is 49.8 Å². The fraction of sp³-hybridized carbons (Fsp3) is 0.421. The van der Waals surface area contributed by atoms with Gasteiger partial charge in [0.1, 0.15) is 18.1 Å². The van der Waals surface area contributed by atoms with Gasteiger partial charge in [0.25, 0.3) is 5.69 Å². The molecule has 0 saturated carbocycles. The number of aliphatic imine (C=N–C) groups is 1. The van der Waals surface area contributed by atoms with Crippen LogP contribution in [0.15, 0.2) is 35.5 Å². The molecule has 0 aliphatic carbocycles. The maximum Gasteiger partial charge on any atom is 0.490 e. The van der Waals surface area contributed by atoms with E-state index in [1.54, 1.807) is 18.3 Å². The minimum Gasteiger partial charge on any atom is -0.390 e. The van der Waals surface area contributed by atoms with Gasteiger partial charge in [-0.25, -0.2) is 18.7 Å². The molecule has 43 heavy (non-hydrogen) atoms. The summed E-state index contributed by atoms with van der Waals surface area (Å²) >= 11 is 6.43. The third-order valence-electron chi connectivity index (χ3n) is 5.93. The molecule has 2 aliphatic rings. The number of alkyl halides is 1. The molecule has 4 rings (SSSR count). The fourth-order valence-electron chi connectivity index (χ4n) is 4.26. The van der Waals surface area contributed by atoms with E-state index in [9.17, 15) is 38.7 Å². The molecule has 3 heterocycles. The van der Waals surface area contributed by atoms with Crippen molar-refractivity contribution in [3.63, 3.8) is 0 Å². The van der Waals surface area contributed by atoms with E-state index in [0.717, 1.165) is 0 Å². The molecule has 20 nitrogen and oxygen atoms in total. The zero-order valence-corrected chi connectivity index (χ0v) is 24.9. The van der Waals surface area contributed by atoms with Crippen molar-refractivity contribution >= 4 is 52.5 Å². The summed E-state index contributed by atoms with van der Waals surface area (Å²) in [6.45, 7) is -1.05. The van der Waals surface area contributed by atoms with Gasteiger partial charge >= 0.3 is 23.5 Å². The number of guanidine groups is 1. The van der Waals surface area contributed by atoms with Crippen molar-refractivity contribution in [1.29, 1.82) is 0 Å². The summed E-state index contributed by atoms with van der Waals surface area (Å²) in [6, 6.07) is 6.04. The average molecular weight is 692 g/mol. The molecule has 0 radical (unpaired) electrons. The fourth-order valence-corrected chi connectivity index (χ4v) is 7.64. The molecule has 3 unspecified atom stereocenters. The molecule has 24 heteroatoms. The van der Waals surface area contributed by atoms with E-state index in [0.29, 0.717) is 22.5 Å². The number of benzene rings is 1. The van der Waals surface area contributed by atoms with E-state index in [1.807, 2.05) is 0 Å². The number of aromatic nitrogens is 1. The molecule has 238 valence electrons. The lowest BCUT2D eigenvalue weighted by Crippen LogP contribution is -2.29. The lowest BCUT2D eigenvalue weighted by molar-refractivity contribution is -0.386. The van der Waals surface area contributed by atoms with E-state index in [1.165, 1.54) is 16.7 Å². The highest BCUT2D eigenvalue weighted by atomic mass is 35.5. The topological polar surface area (TPSA) is 297 Å². The Kier molecular flexibility index (Phi) is 10.2. The Balaban J connectivity index is 1.46. The van der Waals surface area contributed by atoms with E-state index in [4.69, 9.17) is 36.6 Å². The highest BCUT2D eigenvalue weighted by Gasteiger charge is 2.43. The van der Waals surface area contributed by atoms with E-state index >= 15 is 0 Å². The highest BCUT2D eigenvalue weighted by Crippen LogP contribution is 2.66. The number of aliphatic hydroxyl groups is 1. The molecule has 2 aromatic rings. The number of hydrogen-bond donors (Lipinski definition) is 7. The zero-order valence-electron chi connectivity index (χ0n) is 21.5. The first-order valence-corrected chi connectivity index (χ1v) is 16.8. The number of phosphoric acid groups is 3. The van der Waals surface area contributed by atoms with E-state index in [-0.39, 0.29) is 31.3 Å². The number of hydrogen-bond acceptors (Lipinski definition) is 14. The molecule has 1 aromatic heterocycles. The summed E-state index contributed by atoms with van der Waals surface area (Å²) in [4.78, 5) is 51.1. The first kappa shape index (κ1) is 33.6. The van der Waals surface area contributed by atoms with Crippen LogP contribution in [0.1, 0.15) is 34.8 Å². The Hall–Kier alpha value is -2.25. The van der Waals surface area contributed by atoms with Crippen LogP contribution in [-0.4, -0.2) is 58.9 Å². The zero-order chi connectivity index (χ0) is 31.7. The van der Waals surface area contributed by atoms with Crippen molar-refractivity contribution in [1.82, 2.24) is 4.57 Å². The third kappa shape index (κ3) is 8.69. The van der Waals surface area contributed by atoms with Crippen LogP contribution >= 0.6 is 35.1 Å². The summed E-state index contributed by atoms with van der Waals surface area (Å²) < 4.78 is 59.3. The number of fused-ring (bicyclic) bond motifs is 1. The third-order valence-corrected chi connectivity index (χ3v) is 10.0. The van der Waals surface area contributed by atoms with Gasteiger partial charge in [-0.15, -0.1) is 0 Å². The van der Waals surface area contributed by atoms with Crippen molar-refractivity contribution in [3.05, 3.63) is 57.3 Å². The molecular weight excluding hydrogens is 667 g/mol. The number of nitrogens with one attached hydrogen (secondary N) is 1. The number of anilines is 1. The van der Waals surface area contributed by atoms with Crippen molar-refractivity contribution in [2.45, 2.75) is 43.6 Å². The number of para-hydroxylation sites is 1. The number of nitrogens with two attached hydrogens (primary N) is 1. The lowest BCUT2D eigenvalue weighted by atomic mass is 10.1. The Morgan fingerprint density at radius 3 is 2.49 bits per heavy atom. The Labute approximate surface area is 246 Å². The van der Waals surface area contributed by atoms with Gasteiger partial charge in [-0.3, -0.25) is 14.6 Å². The summed E-state index contributed by atoms with van der Waals surface area (Å²) in [7, 11) is -16.8. The molecule has 1 saturated heterocycles. The van der Waals surface area contributed by atoms with Crippen LogP contribution < -0.4 is 11.1 Å². The Morgan fingerprint density at radius 2 is 1.81 bits per heavy atom. The van der Waals surface area contributed by atoms with Gasteiger partial charge in [-0.1, -0.05) is 23.7 Å². The second kappa shape index (κ2) is 13.0. The number of rotatable bonds is 13. The lowest BCUT2D eigenvalue weighted by Gasteiger charge is -2.23. The van der Waals surface area contributed by atoms with Gasteiger partial charge in [0.05, 0.1) is 36.4 Å². The molecule has 1 fully saturated rings. The molecule has 8 N–H and O–H groups in total. The smallest absolute Gasteiger partial charge is 0.390 e. The number of nitro groups is 1. The molecule has 0 amide bonds. The summed E-state index contributed by atoms with van der Waals surface area (Å²) in [6.07, 6.45) is -2.11. The Bertz CT molecular complexity index is 1550. The number of nitro benzene ring substituents is 1. The molecule has 0 bridgehead atoms. The van der Waals surface area contributed by atoms with Gasteiger partial charge in [-0.05, 0) is 6.07 Å². The van der Waals surface area contributed by atoms with Crippen molar-refractivity contribution in [2.75, 3.05) is 11.9 Å². The van der Waals surface area contributed by atoms with Crippen molar-refractivity contribution in [2.24, 2.45) is 10.7 Å². The summed E-state index contributed by atoms with van der Waals surface area (Å²) in [5, 5.41) is 24.7. The molecule has 2 aliphatic heterocycles. The van der Waals surface area contributed by atoms with E-state index < -0.39 is 58.9 Å². The van der Waals surface area contributed by atoms with Gasteiger partial charge in [-0.2, -0.15) is 8.62 Å². The first-order chi connectivity index (χ1) is 19.9. The number of nitrogens with zero attached hydrogens (tertiary/aromatic N) is 3. The van der Waals surface area contributed by atoms with Crippen LogP contribution in [0, 0.1) is 10.1 Å². The van der Waals surface area contributed by atoms with Gasteiger partial charge in [0, 0.05) is 29.8 Å². The second-order valence-corrected chi connectivity index (χ2v) is 13.8.